The summed E-state index contributed by atoms with van der Waals surface area (Å²) in [4.78, 5) is 51.6. The Hall–Kier alpha value is -5.55. The van der Waals surface area contributed by atoms with E-state index in [1.807, 2.05) is 0 Å². The molecule has 11 heteroatoms. The molecular weight excluding hydrogens is 606 g/mol. The molecule has 1 unspecified atom stereocenters. The second-order valence-corrected chi connectivity index (χ2v) is 11.5. The first-order valence-corrected chi connectivity index (χ1v) is 15.0. The molecule has 0 aliphatic carbocycles. The number of hydrogen-bond acceptors (Lipinski definition) is 7. The number of ether oxygens (including phenoxy) is 2. The third-order valence-corrected chi connectivity index (χ3v) is 7.86. The second-order valence-electron chi connectivity index (χ2n) is 10.1. The molecule has 0 spiro atoms. The fraction of sp³-hybridized carbons (Fsp3) is 0.143. The Kier molecular flexibility index (Phi) is 11.2. The van der Waals surface area contributed by atoms with E-state index in [1.165, 1.54) is 44.2 Å². The summed E-state index contributed by atoms with van der Waals surface area (Å²) in [7, 11) is 3.02. The van der Waals surface area contributed by atoms with E-state index in [9.17, 15) is 24.3 Å². The number of hydrogen-bond donors (Lipinski definition) is 4. The van der Waals surface area contributed by atoms with Crippen molar-refractivity contribution >= 4 is 52.9 Å². The number of anilines is 2. The first kappa shape index (κ1) is 33.3. The summed E-state index contributed by atoms with van der Waals surface area (Å²) < 4.78 is 10.7. The molecule has 3 amide bonds. The van der Waals surface area contributed by atoms with E-state index in [4.69, 9.17) is 9.47 Å². The normalized spacial score (nSPS) is 11.6. The van der Waals surface area contributed by atoms with Gasteiger partial charge in [0.25, 0.3) is 11.8 Å². The molecule has 236 valence electrons. The fourth-order valence-corrected chi connectivity index (χ4v) is 5.21. The maximum absolute atomic E-state index is 13.6. The number of methoxy groups -OCH3 is 2. The number of aryl methyl sites for hydroxylation is 1. The number of carboxylic acid groups (broad SMARTS) is 1. The summed E-state index contributed by atoms with van der Waals surface area (Å²) >= 11 is 1.27. The van der Waals surface area contributed by atoms with Crippen LogP contribution in [-0.2, 0) is 9.59 Å². The third kappa shape index (κ3) is 8.76. The number of carboxylic acids is 1. The van der Waals surface area contributed by atoms with Gasteiger partial charge in [-0.05, 0) is 85.6 Å². The molecule has 4 N–H and O–H groups in total. The van der Waals surface area contributed by atoms with Gasteiger partial charge >= 0.3 is 5.97 Å². The highest BCUT2D eigenvalue weighted by atomic mass is 32.2. The Balaban J connectivity index is 1.52. The molecule has 0 saturated heterocycles. The van der Waals surface area contributed by atoms with Crippen LogP contribution >= 0.6 is 11.8 Å². The highest BCUT2D eigenvalue weighted by Gasteiger charge is 2.19. The molecule has 4 aromatic carbocycles. The summed E-state index contributed by atoms with van der Waals surface area (Å²) in [6, 6.07) is 25.1. The number of thioether (sulfide) groups is 1. The van der Waals surface area contributed by atoms with Crippen LogP contribution in [0.25, 0.3) is 6.08 Å². The van der Waals surface area contributed by atoms with Crippen molar-refractivity contribution in [2.45, 2.75) is 24.0 Å². The van der Waals surface area contributed by atoms with Crippen molar-refractivity contribution in [1.82, 2.24) is 5.32 Å². The molecule has 1 atom stereocenters. The smallest absolute Gasteiger partial charge is 0.335 e. The topological polar surface area (TPSA) is 143 Å². The Morgan fingerprint density at radius 2 is 1.54 bits per heavy atom. The predicted octanol–water partition coefficient (Wildman–Crippen LogP) is 6.24. The Morgan fingerprint density at radius 3 is 2.24 bits per heavy atom. The standard InChI is InChI=1S/C35H33N3O7S/c1-21-13-15-25(35(42)43)19-28(21)37-32(39)22(2)46-27-12-8-11-26(20-27)36-34(41)29(38-33(40)24-9-6-5-7-10-24)17-23-14-16-30(44-3)31(18-23)45-4/h5-20,22H,1-4H3,(H,36,41)(H,37,39)(H,38,40)(H,42,43)/b29-17+. The Labute approximate surface area is 270 Å². The highest BCUT2D eigenvalue weighted by Crippen LogP contribution is 2.29. The van der Waals surface area contributed by atoms with Gasteiger partial charge in [-0.2, -0.15) is 0 Å². The van der Waals surface area contributed by atoms with Crippen LogP contribution in [0.3, 0.4) is 0 Å². The zero-order valence-electron chi connectivity index (χ0n) is 25.6. The SMILES string of the molecule is COc1ccc(/C=C(/NC(=O)c2ccccc2)C(=O)Nc2cccc(SC(C)C(=O)Nc3cc(C(=O)O)ccc3C)c2)cc1OC. The lowest BCUT2D eigenvalue weighted by molar-refractivity contribution is -0.115. The summed E-state index contributed by atoms with van der Waals surface area (Å²) in [6.07, 6.45) is 1.53. The lowest BCUT2D eigenvalue weighted by Crippen LogP contribution is -2.30. The van der Waals surface area contributed by atoms with E-state index < -0.39 is 23.0 Å². The summed E-state index contributed by atoms with van der Waals surface area (Å²) in [5.41, 5.74) is 2.63. The number of nitrogens with one attached hydrogen (secondary N) is 3. The minimum absolute atomic E-state index is 0.00849. The minimum atomic E-state index is -1.09. The molecule has 0 bridgehead atoms. The van der Waals surface area contributed by atoms with Crippen LogP contribution in [0.1, 0.15) is 38.8 Å². The van der Waals surface area contributed by atoms with Gasteiger partial charge < -0.3 is 30.5 Å². The highest BCUT2D eigenvalue weighted by molar-refractivity contribution is 8.00. The lowest BCUT2D eigenvalue weighted by atomic mass is 10.1. The molecule has 0 radical (unpaired) electrons. The number of rotatable bonds is 12. The van der Waals surface area contributed by atoms with Gasteiger partial charge in [-0.3, -0.25) is 14.4 Å². The van der Waals surface area contributed by atoms with Crippen LogP contribution < -0.4 is 25.4 Å². The third-order valence-electron chi connectivity index (χ3n) is 6.76. The quantitative estimate of drug-likeness (QED) is 0.105. The lowest BCUT2D eigenvalue weighted by Gasteiger charge is -2.15. The van der Waals surface area contributed by atoms with Crippen molar-refractivity contribution in [3.63, 3.8) is 0 Å². The molecule has 0 aromatic heterocycles. The minimum Gasteiger partial charge on any atom is -0.493 e. The van der Waals surface area contributed by atoms with Crippen LogP contribution in [0.2, 0.25) is 0 Å². The van der Waals surface area contributed by atoms with Crippen LogP contribution in [0.5, 0.6) is 11.5 Å². The van der Waals surface area contributed by atoms with Gasteiger partial charge in [0.2, 0.25) is 5.91 Å². The Morgan fingerprint density at radius 1 is 0.804 bits per heavy atom. The van der Waals surface area contributed by atoms with Gasteiger partial charge in [0.1, 0.15) is 5.70 Å². The van der Waals surface area contributed by atoms with E-state index in [0.717, 1.165) is 5.56 Å². The van der Waals surface area contributed by atoms with E-state index >= 15 is 0 Å². The maximum atomic E-state index is 13.6. The first-order valence-electron chi connectivity index (χ1n) is 14.1. The van der Waals surface area contributed by atoms with Gasteiger partial charge in [0.15, 0.2) is 11.5 Å². The van der Waals surface area contributed by atoms with Crippen LogP contribution in [0.15, 0.2) is 102 Å². The van der Waals surface area contributed by atoms with Gasteiger partial charge in [0, 0.05) is 21.8 Å². The van der Waals surface area contributed by atoms with E-state index in [2.05, 4.69) is 16.0 Å². The summed E-state index contributed by atoms with van der Waals surface area (Å²) in [6.45, 7) is 3.51. The predicted molar refractivity (Wildman–Crippen MR) is 179 cm³/mol. The van der Waals surface area contributed by atoms with Gasteiger partial charge in [0.05, 0.1) is 25.0 Å². The van der Waals surface area contributed by atoms with Crippen molar-refractivity contribution < 1.29 is 33.8 Å². The van der Waals surface area contributed by atoms with Crippen molar-refractivity contribution in [3.05, 3.63) is 119 Å². The largest absolute Gasteiger partial charge is 0.493 e. The van der Waals surface area contributed by atoms with Gasteiger partial charge in [-0.25, -0.2) is 4.79 Å². The van der Waals surface area contributed by atoms with Crippen molar-refractivity contribution in [1.29, 1.82) is 0 Å². The van der Waals surface area contributed by atoms with Crippen molar-refractivity contribution in [2.24, 2.45) is 0 Å². The van der Waals surface area contributed by atoms with Gasteiger partial charge in [-0.1, -0.05) is 36.4 Å². The van der Waals surface area contributed by atoms with E-state index in [1.54, 1.807) is 92.7 Å². The first-order chi connectivity index (χ1) is 22.1. The van der Waals surface area contributed by atoms with Crippen LogP contribution in [-0.4, -0.2) is 48.3 Å². The fourth-order valence-electron chi connectivity index (χ4n) is 4.28. The Bertz CT molecular complexity index is 1790. The van der Waals surface area contributed by atoms with Crippen molar-refractivity contribution in [3.8, 4) is 11.5 Å². The van der Waals surface area contributed by atoms with Crippen LogP contribution in [0, 0.1) is 6.92 Å². The zero-order valence-corrected chi connectivity index (χ0v) is 26.4. The van der Waals surface area contributed by atoms with E-state index in [-0.39, 0.29) is 17.2 Å². The molecule has 0 aliphatic heterocycles. The molecular formula is C35H33N3O7S. The number of benzene rings is 4. The number of aromatic carboxylic acids is 1. The maximum Gasteiger partial charge on any atom is 0.335 e. The number of amides is 3. The number of carbonyl (C=O) groups excluding carboxylic acids is 3. The summed E-state index contributed by atoms with van der Waals surface area (Å²) in [5.74, 6) is -1.46. The average molecular weight is 640 g/mol. The van der Waals surface area contributed by atoms with Crippen LogP contribution in [0.4, 0.5) is 11.4 Å². The second kappa shape index (κ2) is 15.4. The molecule has 10 nitrogen and oxygen atoms in total. The molecule has 4 aromatic rings. The molecule has 0 saturated carbocycles. The van der Waals surface area contributed by atoms with Gasteiger partial charge in [-0.15, -0.1) is 11.8 Å². The monoisotopic (exact) mass is 639 g/mol. The molecule has 0 aliphatic rings. The zero-order chi connectivity index (χ0) is 33.2. The van der Waals surface area contributed by atoms with E-state index in [0.29, 0.717) is 38.9 Å². The summed E-state index contributed by atoms with van der Waals surface area (Å²) in [5, 5.41) is 17.1. The van der Waals surface area contributed by atoms with Crippen molar-refractivity contribution in [2.75, 3.05) is 24.9 Å². The molecule has 0 heterocycles. The molecule has 0 fully saturated rings. The number of carbonyl (C=O) groups is 4. The average Bonchev–Trinajstić information content (AvgIpc) is 3.05. The molecule has 46 heavy (non-hydrogen) atoms. The molecule has 4 rings (SSSR count).